The molecule has 0 spiro atoms. The summed E-state index contributed by atoms with van der Waals surface area (Å²) in [4.78, 5) is 6.84. The van der Waals surface area contributed by atoms with E-state index in [1.165, 1.54) is 0 Å². The van der Waals surface area contributed by atoms with Crippen molar-refractivity contribution in [1.82, 2.24) is 9.97 Å². The van der Waals surface area contributed by atoms with Crippen LogP contribution < -0.4 is 0 Å². The minimum absolute atomic E-state index is 0.638. The van der Waals surface area contributed by atoms with Gasteiger partial charge in [-0.1, -0.05) is 30.3 Å². The average molecular weight is 196 g/mol. The highest BCUT2D eigenvalue weighted by Crippen LogP contribution is 2.16. The third-order valence-corrected chi connectivity index (χ3v) is 2.18. The maximum atomic E-state index is 9.02. The van der Waals surface area contributed by atoms with E-state index in [4.69, 9.17) is 5.26 Å². The summed E-state index contributed by atoms with van der Waals surface area (Å²) >= 11 is 0. The zero-order valence-electron chi connectivity index (χ0n) is 8.14. The van der Waals surface area contributed by atoms with Gasteiger partial charge in [0.05, 0.1) is 18.1 Å². The topological polar surface area (TPSA) is 52.5 Å². The fourth-order valence-electron chi connectivity index (χ4n) is 1.42. The third-order valence-electron chi connectivity index (χ3n) is 2.18. The molecule has 3 nitrogen and oxygen atoms in total. The number of nitrogens with one attached hydrogen (secondary N) is 1. The molecule has 0 saturated heterocycles. The molecule has 15 heavy (non-hydrogen) atoms. The molecule has 0 fully saturated rings. The Kier molecular flexibility index (Phi) is 2.80. The van der Waals surface area contributed by atoms with Gasteiger partial charge in [0.2, 0.25) is 0 Å². The first kappa shape index (κ1) is 9.47. The summed E-state index contributed by atoms with van der Waals surface area (Å²) < 4.78 is 0. The average Bonchev–Trinajstić information content (AvgIpc) is 2.81. The number of hydrogen-bond donors (Lipinski definition) is 1. The van der Waals surface area contributed by atoms with E-state index >= 15 is 0 Å². The van der Waals surface area contributed by atoms with Gasteiger partial charge < -0.3 is 4.98 Å². The molecule has 0 bridgehead atoms. The van der Waals surface area contributed by atoms with Crippen LogP contribution in [0, 0.1) is 17.2 Å². The van der Waals surface area contributed by atoms with Gasteiger partial charge in [0.25, 0.3) is 0 Å². The van der Waals surface area contributed by atoms with E-state index in [0.29, 0.717) is 12.3 Å². The minimum atomic E-state index is 0.638. The predicted molar refractivity (Wildman–Crippen MR) is 56.7 cm³/mol. The van der Waals surface area contributed by atoms with Crippen LogP contribution >= 0.6 is 0 Å². The number of H-pyrrole nitrogens is 1. The predicted octanol–water partition coefficient (Wildman–Crippen LogP) is 2.10. The van der Waals surface area contributed by atoms with Crippen molar-refractivity contribution in [3.8, 4) is 6.07 Å². The zero-order chi connectivity index (χ0) is 10.5. The molecule has 73 valence electrons. The standard InChI is InChI=1S/C12H10N3/c13-7-11(12-8-14-9-15-12)6-10-4-2-1-3-5-10/h1-5,8-9H,6H2,(H,14,15). The Morgan fingerprint density at radius 2 is 2.13 bits per heavy atom. The molecular weight excluding hydrogens is 186 g/mol. The number of rotatable bonds is 3. The first-order chi connectivity index (χ1) is 7.40. The van der Waals surface area contributed by atoms with Crippen LogP contribution in [-0.4, -0.2) is 9.97 Å². The summed E-state index contributed by atoms with van der Waals surface area (Å²) in [6, 6.07) is 12.1. The van der Waals surface area contributed by atoms with Gasteiger partial charge in [-0.2, -0.15) is 5.26 Å². The van der Waals surface area contributed by atoms with Crippen LogP contribution in [0.3, 0.4) is 0 Å². The first-order valence-electron chi connectivity index (χ1n) is 4.69. The van der Waals surface area contributed by atoms with E-state index in [1.54, 1.807) is 12.5 Å². The number of hydrogen-bond acceptors (Lipinski definition) is 2. The maximum Gasteiger partial charge on any atom is 0.127 e. The molecular formula is C12H10N3. The number of nitrogens with zero attached hydrogens (tertiary/aromatic N) is 2. The van der Waals surface area contributed by atoms with E-state index < -0.39 is 0 Å². The minimum Gasteiger partial charge on any atom is -0.347 e. The first-order valence-corrected chi connectivity index (χ1v) is 4.69. The monoisotopic (exact) mass is 196 g/mol. The quantitative estimate of drug-likeness (QED) is 0.817. The van der Waals surface area contributed by atoms with E-state index in [0.717, 1.165) is 11.3 Å². The van der Waals surface area contributed by atoms with Crippen molar-refractivity contribution in [2.24, 2.45) is 0 Å². The molecule has 3 heteroatoms. The SMILES string of the molecule is N#C[C](Cc1ccccc1)c1cnc[nH]1. The Labute approximate surface area is 88.4 Å². The zero-order valence-corrected chi connectivity index (χ0v) is 8.14. The number of nitriles is 1. The van der Waals surface area contributed by atoms with Crippen LogP contribution in [-0.2, 0) is 6.42 Å². The van der Waals surface area contributed by atoms with Crippen LogP contribution in [0.25, 0.3) is 0 Å². The highest BCUT2D eigenvalue weighted by molar-refractivity contribution is 5.36. The molecule has 0 amide bonds. The van der Waals surface area contributed by atoms with Gasteiger partial charge in [-0.25, -0.2) is 4.98 Å². The van der Waals surface area contributed by atoms with Crippen molar-refractivity contribution in [1.29, 1.82) is 5.26 Å². The number of aromatic nitrogens is 2. The molecule has 0 aliphatic carbocycles. The summed E-state index contributed by atoms with van der Waals surface area (Å²) in [7, 11) is 0. The van der Waals surface area contributed by atoms with E-state index in [-0.39, 0.29) is 0 Å². The van der Waals surface area contributed by atoms with Gasteiger partial charge in [0.15, 0.2) is 0 Å². The number of imidazole rings is 1. The highest BCUT2D eigenvalue weighted by Gasteiger charge is 2.13. The van der Waals surface area contributed by atoms with Crippen molar-refractivity contribution < 1.29 is 0 Å². The van der Waals surface area contributed by atoms with Crippen LogP contribution in [0.15, 0.2) is 42.9 Å². The Balaban J connectivity index is 2.14. The largest absolute Gasteiger partial charge is 0.347 e. The van der Waals surface area contributed by atoms with E-state index in [9.17, 15) is 0 Å². The Hall–Kier alpha value is -2.08. The molecule has 1 heterocycles. The molecule has 1 aromatic carbocycles. The normalized spacial score (nSPS) is 10.1. The van der Waals surface area contributed by atoms with Crippen molar-refractivity contribution in [3.05, 3.63) is 60.0 Å². The van der Waals surface area contributed by atoms with E-state index in [2.05, 4.69) is 16.0 Å². The summed E-state index contributed by atoms with van der Waals surface area (Å²) in [5.74, 6) is 0.707. The summed E-state index contributed by atoms with van der Waals surface area (Å²) in [5.41, 5.74) is 1.92. The molecule has 1 aromatic heterocycles. The van der Waals surface area contributed by atoms with E-state index in [1.807, 2.05) is 30.3 Å². The number of aromatic amines is 1. The van der Waals surface area contributed by atoms with Crippen molar-refractivity contribution >= 4 is 0 Å². The van der Waals surface area contributed by atoms with Gasteiger partial charge in [-0.05, 0) is 12.0 Å². The summed E-state index contributed by atoms with van der Waals surface area (Å²) in [6.07, 6.45) is 3.89. The van der Waals surface area contributed by atoms with Gasteiger partial charge in [0, 0.05) is 6.20 Å². The van der Waals surface area contributed by atoms with Crippen LogP contribution in [0.5, 0.6) is 0 Å². The molecule has 1 N–H and O–H groups in total. The molecule has 0 aliphatic rings. The maximum absolute atomic E-state index is 9.02. The molecule has 0 unspecified atom stereocenters. The second kappa shape index (κ2) is 4.43. The Bertz CT molecular complexity index is 439. The molecule has 0 aliphatic heterocycles. The molecule has 0 saturated carbocycles. The summed E-state index contributed by atoms with van der Waals surface area (Å²) in [6.45, 7) is 0. The van der Waals surface area contributed by atoms with Gasteiger partial charge in [-0.15, -0.1) is 0 Å². The molecule has 1 radical (unpaired) electrons. The number of benzene rings is 1. The lowest BCUT2D eigenvalue weighted by Crippen LogP contribution is -2.01. The van der Waals surface area contributed by atoms with Crippen LogP contribution in [0.4, 0.5) is 0 Å². The lowest BCUT2D eigenvalue weighted by atomic mass is 9.98. The second-order valence-corrected chi connectivity index (χ2v) is 3.22. The smallest absolute Gasteiger partial charge is 0.127 e. The molecule has 2 rings (SSSR count). The fourth-order valence-corrected chi connectivity index (χ4v) is 1.42. The fraction of sp³-hybridized carbons (Fsp3) is 0.0833. The Morgan fingerprint density at radius 1 is 1.33 bits per heavy atom. The molecule has 2 aromatic rings. The van der Waals surface area contributed by atoms with Gasteiger partial charge in [0.1, 0.15) is 5.92 Å². The lowest BCUT2D eigenvalue weighted by molar-refractivity contribution is 1.03. The van der Waals surface area contributed by atoms with Crippen molar-refractivity contribution in [3.63, 3.8) is 0 Å². The summed E-state index contributed by atoms with van der Waals surface area (Å²) in [5, 5.41) is 9.02. The third kappa shape index (κ3) is 2.23. The van der Waals surface area contributed by atoms with Crippen molar-refractivity contribution in [2.75, 3.05) is 0 Å². The Morgan fingerprint density at radius 3 is 2.73 bits per heavy atom. The second-order valence-electron chi connectivity index (χ2n) is 3.22. The van der Waals surface area contributed by atoms with Gasteiger partial charge >= 0.3 is 0 Å². The van der Waals surface area contributed by atoms with Crippen molar-refractivity contribution in [2.45, 2.75) is 6.42 Å². The van der Waals surface area contributed by atoms with Crippen LogP contribution in [0.1, 0.15) is 11.3 Å². The van der Waals surface area contributed by atoms with Gasteiger partial charge in [-0.3, -0.25) is 0 Å². The molecule has 0 atom stereocenters. The van der Waals surface area contributed by atoms with Crippen LogP contribution in [0.2, 0.25) is 0 Å². The highest BCUT2D eigenvalue weighted by atomic mass is 14.9. The lowest BCUT2D eigenvalue weighted by Gasteiger charge is -2.04.